The summed E-state index contributed by atoms with van der Waals surface area (Å²) in [7, 11) is 1.96. The highest BCUT2D eigenvalue weighted by Crippen LogP contribution is 2.16. The minimum atomic E-state index is -0.563. The first-order valence-corrected chi connectivity index (χ1v) is 7.24. The predicted octanol–water partition coefficient (Wildman–Crippen LogP) is 2.49. The molecule has 0 amide bonds. The molecule has 4 nitrogen and oxygen atoms in total. The van der Waals surface area contributed by atoms with Crippen molar-refractivity contribution in [3.8, 4) is 6.07 Å². The fourth-order valence-electron chi connectivity index (χ4n) is 2.00. The SMILES string of the molecule is Cc1nc(CN(C)CC(O)c2ccc(C#N)cc2)cs1. The number of aromatic nitrogens is 1. The molecule has 104 valence electrons. The highest BCUT2D eigenvalue weighted by Gasteiger charge is 2.12. The van der Waals surface area contributed by atoms with Gasteiger partial charge in [-0.05, 0) is 31.7 Å². The second kappa shape index (κ2) is 6.62. The van der Waals surface area contributed by atoms with E-state index in [9.17, 15) is 5.11 Å². The molecule has 0 aliphatic heterocycles. The molecule has 20 heavy (non-hydrogen) atoms. The fourth-order valence-corrected chi connectivity index (χ4v) is 2.61. The Bertz CT molecular complexity index is 600. The van der Waals surface area contributed by atoms with E-state index in [1.165, 1.54) is 0 Å². The molecular weight excluding hydrogens is 270 g/mol. The van der Waals surface area contributed by atoms with E-state index in [0.29, 0.717) is 12.1 Å². The standard InChI is InChI=1S/C15H17N3OS/c1-11-17-14(10-20-11)8-18(2)9-15(19)13-5-3-12(7-16)4-6-13/h3-6,10,15,19H,8-9H2,1-2H3. The van der Waals surface area contributed by atoms with Crippen molar-refractivity contribution >= 4 is 11.3 Å². The summed E-state index contributed by atoms with van der Waals surface area (Å²) in [5.74, 6) is 0. The second-order valence-corrected chi connectivity index (χ2v) is 5.87. The third kappa shape index (κ3) is 3.87. The van der Waals surface area contributed by atoms with Crippen LogP contribution in [0.5, 0.6) is 0 Å². The Hall–Kier alpha value is -1.74. The van der Waals surface area contributed by atoms with E-state index >= 15 is 0 Å². The van der Waals surface area contributed by atoms with E-state index in [1.807, 2.05) is 24.3 Å². The number of likely N-dealkylation sites (N-methyl/N-ethyl adjacent to an activating group) is 1. The molecule has 1 atom stereocenters. The molecule has 5 heteroatoms. The van der Waals surface area contributed by atoms with Crippen LogP contribution in [-0.2, 0) is 6.54 Å². The fraction of sp³-hybridized carbons (Fsp3) is 0.333. The van der Waals surface area contributed by atoms with Gasteiger partial charge in [-0.25, -0.2) is 4.98 Å². The summed E-state index contributed by atoms with van der Waals surface area (Å²) in [5.41, 5.74) is 2.46. The Kier molecular flexibility index (Phi) is 4.85. The van der Waals surface area contributed by atoms with Gasteiger partial charge in [0.25, 0.3) is 0 Å². The lowest BCUT2D eigenvalue weighted by Gasteiger charge is -2.20. The maximum atomic E-state index is 10.2. The second-order valence-electron chi connectivity index (χ2n) is 4.80. The quantitative estimate of drug-likeness (QED) is 0.918. The number of aliphatic hydroxyl groups excluding tert-OH is 1. The van der Waals surface area contributed by atoms with Crippen molar-refractivity contribution in [2.45, 2.75) is 19.6 Å². The highest BCUT2D eigenvalue weighted by atomic mass is 32.1. The lowest BCUT2D eigenvalue weighted by molar-refractivity contribution is 0.123. The molecule has 1 unspecified atom stereocenters. The maximum absolute atomic E-state index is 10.2. The van der Waals surface area contributed by atoms with Crippen LogP contribution >= 0.6 is 11.3 Å². The summed E-state index contributed by atoms with van der Waals surface area (Å²) in [6.45, 7) is 3.24. The van der Waals surface area contributed by atoms with Crippen molar-refractivity contribution < 1.29 is 5.11 Å². The molecule has 1 aromatic carbocycles. The largest absolute Gasteiger partial charge is 0.387 e. The molecule has 1 aromatic heterocycles. The van der Waals surface area contributed by atoms with Crippen molar-refractivity contribution in [3.63, 3.8) is 0 Å². The number of aryl methyl sites for hydroxylation is 1. The van der Waals surface area contributed by atoms with Gasteiger partial charge < -0.3 is 5.11 Å². The van der Waals surface area contributed by atoms with E-state index in [2.05, 4.69) is 11.1 Å². The third-order valence-corrected chi connectivity index (χ3v) is 3.83. The predicted molar refractivity (Wildman–Crippen MR) is 79.3 cm³/mol. The zero-order valence-corrected chi connectivity index (χ0v) is 12.4. The lowest BCUT2D eigenvalue weighted by Crippen LogP contribution is -2.24. The van der Waals surface area contributed by atoms with Crippen LogP contribution in [-0.4, -0.2) is 28.6 Å². The van der Waals surface area contributed by atoms with E-state index in [1.54, 1.807) is 35.6 Å². The zero-order chi connectivity index (χ0) is 14.5. The van der Waals surface area contributed by atoms with Crippen LogP contribution in [0.4, 0.5) is 0 Å². The molecule has 0 bridgehead atoms. The molecule has 1 N–H and O–H groups in total. The Morgan fingerprint density at radius 1 is 1.40 bits per heavy atom. The molecule has 0 radical (unpaired) electrons. The molecule has 0 spiro atoms. The van der Waals surface area contributed by atoms with Crippen molar-refractivity contribution in [3.05, 3.63) is 51.5 Å². The maximum Gasteiger partial charge on any atom is 0.0991 e. The topological polar surface area (TPSA) is 60.1 Å². The van der Waals surface area contributed by atoms with Crippen LogP contribution in [0.15, 0.2) is 29.6 Å². The number of nitrogens with zero attached hydrogens (tertiary/aromatic N) is 3. The number of thiazole rings is 1. The minimum Gasteiger partial charge on any atom is -0.387 e. The van der Waals surface area contributed by atoms with Crippen molar-refractivity contribution in [1.29, 1.82) is 5.26 Å². The smallest absolute Gasteiger partial charge is 0.0991 e. The number of nitriles is 1. The number of hydrogen-bond acceptors (Lipinski definition) is 5. The first-order chi connectivity index (χ1) is 9.58. The molecule has 0 aliphatic rings. The van der Waals surface area contributed by atoms with Gasteiger partial charge in [0.2, 0.25) is 0 Å². The van der Waals surface area contributed by atoms with E-state index in [-0.39, 0.29) is 0 Å². The Balaban J connectivity index is 1.92. The average molecular weight is 287 g/mol. The molecule has 2 aromatic rings. The van der Waals surface area contributed by atoms with Crippen LogP contribution < -0.4 is 0 Å². The number of benzene rings is 1. The molecule has 1 heterocycles. The number of aliphatic hydroxyl groups is 1. The molecule has 0 aliphatic carbocycles. The number of hydrogen-bond donors (Lipinski definition) is 1. The first-order valence-electron chi connectivity index (χ1n) is 6.36. The average Bonchev–Trinajstić information content (AvgIpc) is 2.84. The van der Waals surface area contributed by atoms with Gasteiger partial charge >= 0.3 is 0 Å². The van der Waals surface area contributed by atoms with E-state index < -0.39 is 6.10 Å². The molecule has 0 fully saturated rings. The monoisotopic (exact) mass is 287 g/mol. The normalized spacial score (nSPS) is 12.3. The van der Waals surface area contributed by atoms with Crippen molar-refractivity contribution in [2.24, 2.45) is 0 Å². The number of rotatable bonds is 5. The Labute approximate surface area is 122 Å². The van der Waals surface area contributed by atoms with Gasteiger partial charge in [0.15, 0.2) is 0 Å². The summed E-state index contributed by atoms with van der Waals surface area (Å²) >= 11 is 1.63. The summed E-state index contributed by atoms with van der Waals surface area (Å²) in [5, 5.41) is 22.0. The van der Waals surface area contributed by atoms with Crippen LogP contribution in [0.3, 0.4) is 0 Å². The summed E-state index contributed by atoms with van der Waals surface area (Å²) in [6, 6.07) is 9.11. The van der Waals surface area contributed by atoms with Gasteiger partial charge in [0, 0.05) is 18.5 Å². The van der Waals surface area contributed by atoms with E-state index in [4.69, 9.17) is 5.26 Å². The molecule has 2 rings (SSSR count). The summed E-state index contributed by atoms with van der Waals surface area (Å²) in [4.78, 5) is 6.45. The van der Waals surface area contributed by atoms with Crippen LogP contribution in [0.1, 0.15) is 27.9 Å². The molecule has 0 saturated carbocycles. The van der Waals surface area contributed by atoms with Gasteiger partial charge in [-0.2, -0.15) is 5.26 Å². The van der Waals surface area contributed by atoms with Gasteiger partial charge in [-0.1, -0.05) is 12.1 Å². The third-order valence-electron chi connectivity index (χ3n) is 3.01. The van der Waals surface area contributed by atoms with Gasteiger partial charge in [0.05, 0.1) is 28.4 Å². The highest BCUT2D eigenvalue weighted by molar-refractivity contribution is 7.09. The Morgan fingerprint density at radius 2 is 2.10 bits per heavy atom. The van der Waals surface area contributed by atoms with E-state index in [0.717, 1.165) is 22.8 Å². The van der Waals surface area contributed by atoms with Crippen molar-refractivity contribution in [1.82, 2.24) is 9.88 Å². The van der Waals surface area contributed by atoms with Crippen molar-refractivity contribution in [2.75, 3.05) is 13.6 Å². The molecule has 0 saturated heterocycles. The van der Waals surface area contributed by atoms with Gasteiger partial charge in [-0.15, -0.1) is 11.3 Å². The zero-order valence-electron chi connectivity index (χ0n) is 11.6. The van der Waals surface area contributed by atoms with Crippen LogP contribution in [0.25, 0.3) is 0 Å². The lowest BCUT2D eigenvalue weighted by atomic mass is 10.1. The van der Waals surface area contributed by atoms with Crippen LogP contribution in [0, 0.1) is 18.3 Å². The van der Waals surface area contributed by atoms with Gasteiger partial charge in [0.1, 0.15) is 0 Å². The first kappa shape index (κ1) is 14.7. The molecular formula is C15H17N3OS. The van der Waals surface area contributed by atoms with Gasteiger partial charge in [-0.3, -0.25) is 4.90 Å². The summed E-state index contributed by atoms with van der Waals surface area (Å²) in [6.07, 6.45) is -0.563. The minimum absolute atomic E-state index is 0.530. The summed E-state index contributed by atoms with van der Waals surface area (Å²) < 4.78 is 0. The Morgan fingerprint density at radius 3 is 2.65 bits per heavy atom. The van der Waals surface area contributed by atoms with Crippen LogP contribution in [0.2, 0.25) is 0 Å².